The van der Waals surface area contributed by atoms with Crippen molar-refractivity contribution >= 4 is 11.8 Å². The summed E-state index contributed by atoms with van der Waals surface area (Å²) in [6, 6.07) is 8.02. The van der Waals surface area contributed by atoms with E-state index in [0.29, 0.717) is 19.5 Å². The molecule has 0 spiro atoms. The lowest BCUT2D eigenvalue weighted by Crippen LogP contribution is -2.51. The highest BCUT2D eigenvalue weighted by Crippen LogP contribution is 2.41. The minimum Gasteiger partial charge on any atom is -0.379 e. The predicted octanol–water partition coefficient (Wildman–Crippen LogP) is 1.50. The Hall–Kier alpha value is -1.92. The SMILES string of the molecule is CC(=O)N1CCc2ccccc2C1CC(=O)NCC1(N2CCOCC2)CC1. The van der Waals surface area contributed by atoms with Crippen LogP contribution in [0.1, 0.15) is 43.4 Å². The van der Waals surface area contributed by atoms with Gasteiger partial charge in [0.25, 0.3) is 0 Å². The fourth-order valence-electron chi connectivity index (χ4n) is 4.55. The second kappa shape index (κ2) is 7.60. The number of nitrogens with one attached hydrogen (secondary N) is 1. The Balaban J connectivity index is 1.40. The summed E-state index contributed by atoms with van der Waals surface area (Å²) < 4.78 is 5.45. The number of rotatable bonds is 5. The second-order valence-corrected chi connectivity index (χ2v) is 7.98. The number of amides is 2. The van der Waals surface area contributed by atoms with Crippen molar-refractivity contribution in [3.8, 4) is 0 Å². The zero-order chi connectivity index (χ0) is 18.9. The van der Waals surface area contributed by atoms with E-state index in [1.54, 1.807) is 6.92 Å². The Bertz CT molecular complexity index is 710. The van der Waals surface area contributed by atoms with Crippen LogP contribution >= 0.6 is 0 Å². The molecule has 1 unspecified atom stereocenters. The molecular formula is C21H29N3O3. The van der Waals surface area contributed by atoms with Crippen molar-refractivity contribution in [2.24, 2.45) is 0 Å². The number of fused-ring (bicyclic) bond motifs is 1. The van der Waals surface area contributed by atoms with E-state index in [1.807, 2.05) is 17.0 Å². The minimum atomic E-state index is -0.161. The van der Waals surface area contributed by atoms with Gasteiger partial charge in [0.2, 0.25) is 11.8 Å². The zero-order valence-corrected chi connectivity index (χ0v) is 16.1. The van der Waals surface area contributed by atoms with Crippen LogP contribution in [0.5, 0.6) is 0 Å². The lowest BCUT2D eigenvalue weighted by atomic mass is 9.90. The summed E-state index contributed by atoms with van der Waals surface area (Å²) in [5.41, 5.74) is 2.49. The molecule has 0 aromatic heterocycles. The monoisotopic (exact) mass is 371 g/mol. The molecule has 0 bridgehead atoms. The van der Waals surface area contributed by atoms with E-state index in [9.17, 15) is 9.59 Å². The summed E-state index contributed by atoms with van der Waals surface area (Å²) in [5.74, 6) is 0.0665. The first-order chi connectivity index (χ1) is 13.1. The molecule has 3 aliphatic rings. The molecule has 1 atom stereocenters. The van der Waals surface area contributed by atoms with E-state index in [1.165, 1.54) is 5.56 Å². The van der Waals surface area contributed by atoms with E-state index in [4.69, 9.17) is 4.74 Å². The molecule has 146 valence electrons. The van der Waals surface area contributed by atoms with E-state index < -0.39 is 0 Å². The van der Waals surface area contributed by atoms with Gasteiger partial charge in [0.05, 0.1) is 25.7 Å². The van der Waals surface area contributed by atoms with Gasteiger partial charge in [-0.3, -0.25) is 14.5 Å². The zero-order valence-electron chi connectivity index (χ0n) is 16.1. The highest BCUT2D eigenvalue weighted by Gasteiger charge is 2.48. The smallest absolute Gasteiger partial charge is 0.222 e. The molecule has 2 heterocycles. The number of ether oxygens (including phenoxy) is 1. The van der Waals surface area contributed by atoms with Gasteiger partial charge < -0.3 is 15.0 Å². The number of morpholine rings is 1. The summed E-state index contributed by atoms with van der Waals surface area (Å²) in [7, 11) is 0. The number of benzene rings is 1. The molecule has 0 radical (unpaired) electrons. The van der Waals surface area contributed by atoms with Crippen LogP contribution in [-0.4, -0.2) is 66.5 Å². The van der Waals surface area contributed by atoms with Crippen LogP contribution < -0.4 is 5.32 Å². The van der Waals surface area contributed by atoms with Gasteiger partial charge in [0.15, 0.2) is 0 Å². The number of nitrogens with zero attached hydrogens (tertiary/aromatic N) is 2. The number of hydrogen-bond donors (Lipinski definition) is 1. The molecule has 1 aromatic rings. The Morgan fingerprint density at radius 1 is 1.19 bits per heavy atom. The fraction of sp³-hybridized carbons (Fsp3) is 0.619. The quantitative estimate of drug-likeness (QED) is 0.852. The third kappa shape index (κ3) is 3.87. The van der Waals surface area contributed by atoms with Gasteiger partial charge in [-0.1, -0.05) is 24.3 Å². The number of hydrogen-bond acceptors (Lipinski definition) is 4. The maximum absolute atomic E-state index is 12.8. The first-order valence-corrected chi connectivity index (χ1v) is 10.0. The predicted molar refractivity (Wildman–Crippen MR) is 102 cm³/mol. The largest absolute Gasteiger partial charge is 0.379 e. The molecular weight excluding hydrogens is 342 g/mol. The third-order valence-electron chi connectivity index (χ3n) is 6.32. The van der Waals surface area contributed by atoms with E-state index >= 15 is 0 Å². The molecule has 1 saturated carbocycles. The molecule has 6 nitrogen and oxygen atoms in total. The van der Waals surface area contributed by atoms with E-state index in [-0.39, 0.29) is 23.4 Å². The Morgan fingerprint density at radius 3 is 2.63 bits per heavy atom. The van der Waals surface area contributed by atoms with Gasteiger partial charge >= 0.3 is 0 Å². The highest BCUT2D eigenvalue weighted by atomic mass is 16.5. The lowest BCUT2D eigenvalue weighted by Gasteiger charge is -2.37. The van der Waals surface area contributed by atoms with Gasteiger partial charge in [-0.15, -0.1) is 0 Å². The number of carbonyl (C=O) groups is 2. The molecule has 2 aliphatic heterocycles. The van der Waals surface area contributed by atoms with Crippen LogP contribution in [0.2, 0.25) is 0 Å². The molecule has 1 aromatic carbocycles. The van der Waals surface area contributed by atoms with Gasteiger partial charge in [0.1, 0.15) is 0 Å². The standard InChI is InChI=1S/C21H29N3O3/c1-16(25)24-9-6-17-4-2-3-5-18(17)19(24)14-20(26)22-15-21(7-8-21)23-10-12-27-13-11-23/h2-5,19H,6-15H2,1H3,(H,22,26). The van der Waals surface area contributed by atoms with Crippen LogP contribution in [-0.2, 0) is 20.7 Å². The fourth-order valence-corrected chi connectivity index (χ4v) is 4.55. The highest BCUT2D eigenvalue weighted by molar-refractivity contribution is 5.79. The molecule has 1 aliphatic carbocycles. The first-order valence-electron chi connectivity index (χ1n) is 10.0. The van der Waals surface area contributed by atoms with Crippen molar-refractivity contribution in [1.82, 2.24) is 15.1 Å². The average molecular weight is 371 g/mol. The van der Waals surface area contributed by atoms with Crippen LogP contribution in [0, 0.1) is 0 Å². The molecule has 1 N–H and O–H groups in total. The summed E-state index contributed by atoms with van der Waals surface area (Å²) in [5, 5.41) is 3.16. The van der Waals surface area contributed by atoms with Gasteiger partial charge in [0, 0.05) is 38.6 Å². The normalized spacial score (nSPS) is 24.2. The molecule has 4 rings (SSSR count). The van der Waals surface area contributed by atoms with Crippen molar-refractivity contribution in [3.05, 3.63) is 35.4 Å². The van der Waals surface area contributed by atoms with Gasteiger partial charge in [-0.2, -0.15) is 0 Å². The lowest BCUT2D eigenvalue weighted by molar-refractivity contribution is -0.133. The van der Waals surface area contributed by atoms with Crippen LogP contribution in [0.3, 0.4) is 0 Å². The van der Waals surface area contributed by atoms with Crippen LogP contribution in [0.4, 0.5) is 0 Å². The maximum Gasteiger partial charge on any atom is 0.222 e. The van der Waals surface area contributed by atoms with Gasteiger partial charge in [-0.25, -0.2) is 0 Å². The van der Waals surface area contributed by atoms with E-state index in [2.05, 4.69) is 22.3 Å². The Labute approximate surface area is 160 Å². The molecule has 6 heteroatoms. The minimum absolute atomic E-state index is 0.0301. The Kier molecular flexibility index (Phi) is 5.19. The average Bonchev–Trinajstić information content (AvgIpc) is 3.48. The first kappa shape index (κ1) is 18.4. The number of carbonyl (C=O) groups excluding carboxylic acids is 2. The maximum atomic E-state index is 12.8. The van der Waals surface area contributed by atoms with Crippen molar-refractivity contribution in [2.45, 2.75) is 44.2 Å². The summed E-state index contributed by atoms with van der Waals surface area (Å²) in [6.45, 7) is 6.43. The van der Waals surface area contributed by atoms with Crippen molar-refractivity contribution in [3.63, 3.8) is 0 Å². The molecule has 27 heavy (non-hydrogen) atoms. The summed E-state index contributed by atoms with van der Waals surface area (Å²) in [6.07, 6.45) is 3.46. The van der Waals surface area contributed by atoms with Crippen molar-refractivity contribution in [2.75, 3.05) is 39.4 Å². The van der Waals surface area contributed by atoms with E-state index in [0.717, 1.165) is 51.1 Å². The van der Waals surface area contributed by atoms with Crippen LogP contribution in [0.25, 0.3) is 0 Å². The second-order valence-electron chi connectivity index (χ2n) is 7.98. The van der Waals surface area contributed by atoms with Crippen molar-refractivity contribution < 1.29 is 14.3 Å². The molecule has 2 amide bonds. The Morgan fingerprint density at radius 2 is 1.93 bits per heavy atom. The third-order valence-corrected chi connectivity index (χ3v) is 6.32. The van der Waals surface area contributed by atoms with Crippen molar-refractivity contribution in [1.29, 1.82) is 0 Å². The molecule has 2 fully saturated rings. The molecule has 1 saturated heterocycles. The van der Waals surface area contributed by atoms with Gasteiger partial charge in [-0.05, 0) is 30.4 Å². The summed E-state index contributed by atoms with van der Waals surface area (Å²) >= 11 is 0. The van der Waals surface area contributed by atoms with Crippen LogP contribution in [0.15, 0.2) is 24.3 Å². The topological polar surface area (TPSA) is 61.9 Å². The summed E-state index contributed by atoms with van der Waals surface area (Å²) in [4.78, 5) is 29.2.